The summed E-state index contributed by atoms with van der Waals surface area (Å²) < 4.78 is 4.88. The average Bonchev–Trinajstić information content (AvgIpc) is 2.23. The number of methoxy groups -OCH3 is 1. The zero-order valence-corrected chi connectivity index (χ0v) is 10.2. The van der Waals surface area contributed by atoms with Gasteiger partial charge in [-0.25, -0.2) is 0 Å². The normalized spacial score (nSPS) is 12.2. The van der Waals surface area contributed by atoms with Gasteiger partial charge in [0.05, 0.1) is 5.92 Å². The molecule has 0 aromatic heterocycles. The second-order valence-corrected chi connectivity index (χ2v) is 3.96. The first-order valence-corrected chi connectivity index (χ1v) is 5.44. The largest absolute Gasteiger partial charge is 0.481 e. The number of carbonyl (C=O) groups is 2. The van der Waals surface area contributed by atoms with Crippen LogP contribution in [0.15, 0.2) is 0 Å². The third kappa shape index (κ3) is 6.40. The Bertz CT molecular complexity index is 230. The van der Waals surface area contributed by atoms with Crippen molar-refractivity contribution < 1.29 is 19.4 Å². The number of nitrogens with zero attached hydrogens (tertiary/aromatic N) is 1. The van der Waals surface area contributed by atoms with E-state index < -0.39 is 11.9 Å². The maximum absolute atomic E-state index is 11.6. The Morgan fingerprint density at radius 3 is 2.50 bits per heavy atom. The standard InChI is InChI=1S/C11H21NO4/c1-9(11(14)15)8-12(2)10(13)6-4-5-7-16-3/h9H,4-8H2,1-3H3,(H,14,15). The van der Waals surface area contributed by atoms with Crippen LogP contribution in [0.3, 0.4) is 0 Å². The molecule has 1 N–H and O–H groups in total. The maximum Gasteiger partial charge on any atom is 0.308 e. The van der Waals surface area contributed by atoms with Crippen molar-refractivity contribution in [1.29, 1.82) is 0 Å². The maximum atomic E-state index is 11.6. The first kappa shape index (κ1) is 14.9. The molecular formula is C11H21NO4. The van der Waals surface area contributed by atoms with Gasteiger partial charge in [-0.15, -0.1) is 0 Å². The molecule has 0 fully saturated rings. The molecule has 0 spiro atoms. The van der Waals surface area contributed by atoms with E-state index in [0.29, 0.717) is 13.0 Å². The molecule has 5 nitrogen and oxygen atoms in total. The van der Waals surface area contributed by atoms with Gasteiger partial charge in [0, 0.05) is 33.7 Å². The van der Waals surface area contributed by atoms with E-state index >= 15 is 0 Å². The van der Waals surface area contributed by atoms with Crippen molar-refractivity contribution in [3.63, 3.8) is 0 Å². The summed E-state index contributed by atoms with van der Waals surface area (Å²) in [6.45, 7) is 2.51. The highest BCUT2D eigenvalue weighted by Gasteiger charge is 2.16. The average molecular weight is 231 g/mol. The van der Waals surface area contributed by atoms with Crippen molar-refractivity contribution in [2.24, 2.45) is 5.92 Å². The highest BCUT2D eigenvalue weighted by atomic mass is 16.5. The van der Waals surface area contributed by atoms with Crippen LogP contribution in [-0.2, 0) is 14.3 Å². The second-order valence-electron chi connectivity index (χ2n) is 3.96. The number of amides is 1. The molecule has 1 amide bonds. The van der Waals surface area contributed by atoms with Crippen LogP contribution in [0.4, 0.5) is 0 Å². The number of aliphatic carboxylic acids is 1. The first-order valence-electron chi connectivity index (χ1n) is 5.44. The molecular weight excluding hydrogens is 210 g/mol. The molecule has 0 aliphatic heterocycles. The van der Waals surface area contributed by atoms with Gasteiger partial charge in [-0.2, -0.15) is 0 Å². The number of ether oxygens (including phenoxy) is 1. The molecule has 0 aliphatic rings. The second kappa shape index (κ2) is 8.10. The number of carbonyl (C=O) groups excluding carboxylic acids is 1. The van der Waals surface area contributed by atoms with Gasteiger partial charge in [0.25, 0.3) is 0 Å². The van der Waals surface area contributed by atoms with Crippen LogP contribution in [-0.4, -0.2) is 49.2 Å². The lowest BCUT2D eigenvalue weighted by Gasteiger charge is -2.19. The molecule has 0 radical (unpaired) electrons. The molecule has 0 aliphatic carbocycles. The van der Waals surface area contributed by atoms with Gasteiger partial charge >= 0.3 is 5.97 Å². The number of carboxylic acids is 1. The summed E-state index contributed by atoms with van der Waals surface area (Å²) in [5.74, 6) is -1.41. The van der Waals surface area contributed by atoms with Crippen LogP contribution < -0.4 is 0 Å². The molecule has 0 saturated carbocycles. The van der Waals surface area contributed by atoms with Crippen molar-refractivity contribution in [1.82, 2.24) is 4.90 Å². The minimum atomic E-state index is -0.876. The van der Waals surface area contributed by atoms with E-state index in [1.54, 1.807) is 21.1 Å². The molecule has 0 bridgehead atoms. The number of unbranched alkanes of at least 4 members (excludes halogenated alkanes) is 1. The van der Waals surface area contributed by atoms with Gasteiger partial charge in [-0.05, 0) is 12.8 Å². The summed E-state index contributed by atoms with van der Waals surface area (Å²) >= 11 is 0. The van der Waals surface area contributed by atoms with Gasteiger partial charge in [0.1, 0.15) is 0 Å². The van der Waals surface area contributed by atoms with Crippen LogP contribution in [0, 0.1) is 5.92 Å². The zero-order valence-electron chi connectivity index (χ0n) is 10.2. The third-order valence-corrected chi connectivity index (χ3v) is 2.38. The number of hydrogen-bond acceptors (Lipinski definition) is 3. The van der Waals surface area contributed by atoms with Gasteiger partial charge in [0.15, 0.2) is 0 Å². The van der Waals surface area contributed by atoms with E-state index in [1.165, 1.54) is 4.90 Å². The van der Waals surface area contributed by atoms with E-state index in [4.69, 9.17) is 9.84 Å². The van der Waals surface area contributed by atoms with Crippen LogP contribution in [0.5, 0.6) is 0 Å². The van der Waals surface area contributed by atoms with E-state index in [1.807, 2.05) is 0 Å². The lowest BCUT2D eigenvalue weighted by atomic mass is 10.1. The summed E-state index contributed by atoms with van der Waals surface area (Å²) in [5, 5.41) is 8.70. The molecule has 1 atom stereocenters. The Labute approximate surface area is 96.4 Å². The molecule has 0 saturated heterocycles. The summed E-state index contributed by atoms with van der Waals surface area (Å²) in [5.41, 5.74) is 0. The Kier molecular flexibility index (Phi) is 7.54. The molecule has 0 rings (SSSR count). The minimum absolute atomic E-state index is 0.01000. The summed E-state index contributed by atoms with van der Waals surface area (Å²) in [6, 6.07) is 0. The van der Waals surface area contributed by atoms with E-state index in [-0.39, 0.29) is 12.5 Å². The van der Waals surface area contributed by atoms with Gasteiger partial charge in [-0.3, -0.25) is 9.59 Å². The monoisotopic (exact) mass is 231 g/mol. The summed E-state index contributed by atoms with van der Waals surface area (Å²) in [7, 11) is 3.26. The molecule has 0 aromatic rings. The summed E-state index contributed by atoms with van der Waals surface area (Å²) in [6.07, 6.45) is 2.08. The highest BCUT2D eigenvalue weighted by Crippen LogP contribution is 2.03. The van der Waals surface area contributed by atoms with Crippen molar-refractivity contribution >= 4 is 11.9 Å². The van der Waals surface area contributed by atoms with Crippen LogP contribution in [0.25, 0.3) is 0 Å². The fourth-order valence-corrected chi connectivity index (χ4v) is 1.30. The zero-order chi connectivity index (χ0) is 12.6. The van der Waals surface area contributed by atoms with Gasteiger partial charge < -0.3 is 14.7 Å². The van der Waals surface area contributed by atoms with Crippen molar-refractivity contribution in [2.75, 3.05) is 27.3 Å². The van der Waals surface area contributed by atoms with Crippen molar-refractivity contribution in [2.45, 2.75) is 26.2 Å². The smallest absolute Gasteiger partial charge is 0.308 e. The van der Waals surface area contributed by atoms with Gasteiger partial charge in [0.2, 0.25) is 5.91 Å². The van der Waals surface area contributed by atoms with Crippen LogP contribution >= 0.6 is 0 Å². The highest BCUT2D eigenvalue weighted by molar-refractivity contribution is 5.77. The van der Waals surface area contributed by atoms with Crippen molar-refractivity contribution in [3.8, 4) is 0 Å². The predicted molar refractivity (Wildman–Crippen MR) is 60.2 cm³/mol. The molecule has 5 heteroatoms. The molecule has 16 heavy (non-hydrogen) atoms. The Morgan fingerprint density at radius 1 is 1.38 bits per heavy atom. The Morgan fingerprint density at radius 2 is 2.00 bits per heavy atom. The van der Waals surface area contributed by atoms with Crippen LogP contribution in [0.1, 0.15) is 26.2 Å². The lowest BCUT2D eigenvalue weighted by Crippen LogP contribution is -2.33. The Balaban J connectivity index is 3.77. The predicted octanol–water partition coefficient (Wildman–Crippen LogP) is 0.982. The summed E-state index contributed by atoms with van der Waals surface area (Å²) in [4.78, 5) is 23.6. The van der Waals surface area contributed by atoms with E-state index in [0.717, 1.165) is 12.8 Å². The minimum Gasteiger partial charge on any atom is -0.481 e. The topological polar surface area (TPSA) is 66.8 Å². The Hall–Kier alpha value is -1.10. The SMILES string of the molecule is COCCCCC(=O)N(C)CC(C)C(=O)O. The molecule has 0 heterocycles. The molecule has 1 unspecified atom stereocenters. The van der Waals surface area contributed by atoms with Crippen molar-refractivity contribution in [3.05, 3.63) is 0 Å². The van der Waals surface area contributed by atoms with E-state index in [2.05, 4.69) is 0 Å². The number of rotatable bonds is 8. The first-order chi connectivity index (χ1) is 7.49. The fraction of sp³-hybridized carbons (Fsp3) is 0.818. The van der Waals surface area contributed by atoms with E-state index in [9.17, 15) is 9.59 Å². The number of carboxylic acid groups (broad SMARTS) is 1. The quantitative estimate of drug-likeness (QED) is 0.632. The number of hydrogen-bond donors (Lipinski definition) is 1. The molecule has 0 aromatic carbocycles. The van der Waals surface area contributed by atoms with Gasteiger partial charge in [-0.1, -0.05) is 6.92 Å². The lowest BCUT2D eigenvalue weighted by molar-refractivity contribution is -0.142. The molecule has 94 valence electrons. The third-order valence-electron chi connectivity index (χ3n) is 2.38. The van der Waals surface area contributed by atoms with Crippen LogP contribution in [0.2, 0.25) is 0 Å². The fourth-order valence-electron chi connectivity index (χ4n) is 1.30.